The molecule has 2 aliphatic rings. The van der Waals surface area contributed by atoms with Gasteiger partial charge in [0.15, 0.2) is 5.82 Å². The van der Waals surface area contributed by atoms with Crippen molar-refractivity contribution in [3.8, 4) is 22.6 Å². The first-order valence-electron chi connectivity index (χ1n) is 15.1. The second kappa shape index (κ2) is 12.3. The number of aromatic nitrogens is 7. The van der Waals surface area contributed by atoms with Crippen LogP contribution in [0.15, 0.2) is 49.2 Å². The number of pyridine rings is 1. The second-order valence-electron chi connectivity index (χ2n) is 12.4. The van der Waals surface area contributed by atoms with E-state index in [2.05, 4.69) is 49.7 Å². The van der Waals surface area contributed by atoms with E-state index in [1.54, 1.807) is 12.3 Å². The van der Waals surface area contributed by atoms with Crippen molar-refractivity contribution in [2.24, 2.45) is 0 Å². The van der Waals surface area contributed by atoms with Crippen molar-refractivity contribution in [3.63, 3.8) is 0 Å². The topological polar surface area (TPSA) is 156 Å². The molecule has 2 saturated carbocycles. The fourth-order valence-corrected chi connectivity index (χ4v) is 6.88. The van der Waals surface area contributed by atoms with Crippen LogP contribution < -0.4 is 10.6 Å². The van der Waals surface area contributed by atoms with Crippen LogP contribution in [0.1, 0.15) is 51.9 Å². The fourth-order valence-electron chi connectivity index (χ4n) is 5.41. The molecule has 0 spiro atoms. The van der Waals surface area contributed by atoms with Gasteiger partial charge in [-0.1, -0.05) is 0 Å². The van der Waals surface area contributed by atoms with Crippen LogP contribution >= 0.6 is 0 Å². The maximum Gasteiger partial charge on any atom is 0.256 e. The quantitative estimate of drug-likeness (QED) is 0.212. The number of aliphatic hydroxyl groups is 1. The molecule has 13 nitrogen and oxygen atoms in total. The standard InChI is InChI=1S/C30H40N10O3S/c1-30(41)11-7-22(8-12-30)34-26-17-28(32-19-24(26)25-10-16-39(37-25)15-4-14-38(2)3)35-27-9-13-31-29(36-27)21-18-33-40(20-21)44(42,43)23-5-6-23/h9-10,13,16-20,22-23,41H,4-8,11-12,14-15H2,1-3H3,(H2,31,32,34,35,36). The Morgan fingerprint density at radius 2 is 1.89 bits per heavy atom. The van der Waals surface area contributed by atoms with Crippen LogP contribution in [-0.4, -0.2) is 89.9 Å². The van der Waals surface area contributed by atoms with Gasteiger partial charge in [0, 0.05) is 48.5 Å². The van der Waals surface area contributed by atoms with E-state index in [0.717, 1.165) is 66.2 Å². The highest BCUT2D eigenvalue weighted by molar-refractivity contribution is 7.90. The normalized spacial score (nSPS) is 20.6. The Bertz CT molecular complexity index is 1700. The van der Waals surface area contributed by atoms with Gasteiger partial charge >= 0.3 is 0 Å². The Kier molecular flexibility index (Phi) is 8.40. The second-order valence-corrected chi connectivity index (χ2v) is 14.5. The Hall–Kier alpha value is -3.88. The molecule has 2 aliphatic carbocycles. The van der Waals surface area contributed by atoms with Crippen molar-refractivity contribution in [3.05, 3.63) is 49.2 Å². The third kappa shape index (κ3) is 7.08. The molecule has 4 heterocycles. The predicted molar refractivity (Wildman–Crippen MR) is 169 cm³/mol. The van der Waals surface area contributed by atoms with E-state index in [1.807, 2.05) is 36.1 Å². The van der Waals surface area contributed by atoms with Gasteiger partial charge in [-0.05, 0) is 84.6 Å². The highest BCUT2D eigenvalue weighted by atomic mass is 32.2. The van der Waals surface area contributed by atoms with Gasteiger partial charge in [0.05, 0.1) is 34.5 Å². The van der Waals surface area contributed by atoms with E-state index in [0.29, 0.717) is 35.9 Å². The third-order valence-electron chi connectivity index (χ3n) is 8.17. The molecule has 234 valence electrons. The lowest BCUT2D eigenvalue weighted by molar-refractivity contribution is 0.0196. The summed E-state index contributed by atoms with van der Waals surface area (Å²) in [4.78, 5) is 15.8. The SMILES string of the molecule is CN(C)CCCn1ccc(-c2cnc(Nc3ccnc(-c4cnn(S(=O)(=O)C5CC5)c4)n3)cc2NC2CCC(C)(O)CC2)n1. The molecule has 0 amide bonds. The zero-order valence-corrected chi connectivity index (χ0v) is 26.2. The number of nitrogens with one attached hydrogen (secondary N) is 2. The van der Waals surface area contributed by atoms with Crippen molar-refractivity contribution >= 4 is 27.3 Å². The van der Waals surface area contributed by atoms with Crippen LogP contribution in [0.2, 0.25) is 0 Å². The molecule has 0 bridgehead atoms. The molecular formula is C30H40N10O3S. The van der Waals surface area contributed by atoms with Gasteiger partial charge < -0.3 is 20.6 Å². The van der Waals surface area contributed by atoms with Gasteiger partial charge in [-0.2, -0.15) is 14.3 Å². The van der Waals surface area contributed by atoms with Gasteiger partial charge in [-0.25, -0.2) is 23.4 Å². The highest BCUT2D eigenvalue weighted by Gasteiger charge is 2.37. The molecule has 3 N–H and O–H groups in total. The van der Waals surface area contributed by atoms with E-state index in [9.17, 15) is 13.5 Å². The minimum atomic E-state index is -3.47. The zero-order valence-electron chi connectivity index (χ0n) is 25.4. The molecule has 4 aromatic heterocycles. The molecular weight excluding hydrogens is 580 g/mol. The molecule has 0 aromatic carbocycles. The van der Waals surface area contributed by atoms with Gasteiger partial charge in [-0.15, -0.1) is 0 Å². The maximum atomic E-state index is 12.6. The number of rotatable bonds is 12. The third-order valence-corrected chi connectivity index (χ3v) is 10.2. The van der Waals surface area contributed by atoms with E-state index in [-0.39, 0.29) is 11.3 Å². The molecule has 14 heteroatoms. The summed E-state index contributed by atoms with van der Waals surface area (Å²) in [6.07, 6.45) is 13.9. The number of nitrogens with zero attached hydrogens (tertiary/aromatic N) is 8. The number of hydrogen-bond acceptors (Lipinski definition) is 11. The monoisotopic (exact) mass is 620 g/mol. The van der Waals surface area contributed by atoms with Crippen LogP contribution in [-0.2, 0) is 16.6 Å². The first-order chi connectivity index (χ1) is 21.1. The zero-order chi connectivity index (χ0) is 30.9. The Balaban J connectivity index is 1.23. The summed E-state index contributed by atoms with van der Waals surface area (Å²) < 4.78 is 28.1. The molecule has 4 aromatic rings. The Labute approximate surface area is 257 Å². The summed E-state index contributed by atoms with van der Waals surface area (Å²) in [6, 6.07) is 5.91. The largest absolute Gasteiger partial charge is 0.390 e. The van der Waals surface area contributed by atoms with Crippen molar-refractivity contribution in [2.75, 3.05) is 31.3 Å². The molecule has 44 heavy (non-hydrogen) atoms. The molecule has 0 saturated heterocycles. The lowest BCUT2D eigenvalue weighted by Gasteiger charge is -2.34. The highest BCUT2D eigenvalue weighted by Crippen LogP contribution is 2.34. The molecule has 0 aliphatic heterocycles. The van der Waals surface area contributed by atoms with Gasteiger partial charge in [0.2, 0.25) is 0 Å². The van der Waals surface area contributed by atoms with Gasteiger partial charge in [-0.3, -0.25) is 4.68 Å². The smallest absolute Gasteiger partial charge is 0.256 e. The molecule has 0 radical (unpaired) electrons. The van der Waals surface area contributed by atoms with Crippen LogP contribution in [0.25, 0.3) is 22.6 Å². The molecule has 6 rings (SSSR count). The average molecular weight is 621 g/mol. The minimum Gasteiger partial charge on any atom is -0.390 e. The van der Waals surface area contributed by atoms with Crippen LogP contribution in [0.3, 0.4) is 0 Å². The lowest BCUT2D eigenvalue weighted by Crippen LogP contribution is -2.35. The van der Waals surface area contributed by atoms with Crippen molar-refractivity contribution in [1.29, 1.82) is 0 Å². The van der Waals surface area contributed by atoms with E-state index in [1.165, 1.54) is 12.4 Å². The maximum absolute atomic E-state index is 12.6. The molecule has 0 atom stereocenters. The number of hydrogen-bond donors (Lipinski definition) is 3. The molecule has 2 fully saturated rings. The first-order valence-corrected chi connectivity index (χ1v) is 16.6. The minimum absolute atomic E-state index is 0.209. The van der Waals surface area contributed by atoms with Crippen molar-refractivity contribution in [1.82, 2.24) is 38.8 Å². The summed E-state index contributed by atoms with van der Waals surface area (Å²) >= 11 is 0. The predicted octanol–water partition coefficient (Wildman–Crippen LogP) is 3.74. The van der Waals surface area contributed by atoms with Crippen LogP contribution in [0.4, 0.5) is 17.3 Å². The Morgan fingerprint density at radius 3 is 2.64 bits per heavy atom. The van der Waals surface area contributed by atoms with Crippen molar-refractivity contribution in [2.45, 2.75) is 75.3 Å². The lowest BCUT2D eigenvalue weighted by atomic mass is 9.83. The first kappa shape index (κ1) is 30.2. The summed E-state index contributed by atoms with van der Waals surface area (Å²) in [6.45, 7) is 3.72. The number of anilines is 3. The Morgan fingerprint density at radius 1 is 1.09 bits per heavy atom. The van der Waals surface area contributed by atoms with Gasteiger partial charge in [0.25, 0.3) is 10.0 Å². The summed E-state index contributed by atoms with van der Waals surface area (Å²) in [5, 5.41) is 26.0. The van der Waals surface area contributed by atoms with E-state index >= 15 is 0 Å². The van der Waals surface area contributed by atoms with E-state index < -0.39 is 15.6 Å². The average Bonchev–Trinajstić information content (AvgIpc) is 3.55. The van der Waals surface area contributed by atoms with Crippen LogP contribution in [0.5, 0.6) is 0 Å². The molecule has 0 unspecified atom stereocenters. The van der Waals surface area contributed by atoms with Crippen molar-refractivity contribution < 1.29 is 13.5 Å². The van der Waals surface area contributed by atoms with E-state index in [4.69, 9.17) is 5.10 Å². The summed E-state index contributed by atoms with van der Waals surface area (Å²) in [5.41, 5.74) is 2.51. The van der Waals surface area contributed by atoms with Gasteiger partial charge in [0.1, 0.15) is 11.6 Å². The summed E-state index contributed by atoms with van der Waals surface area (Å²) in [5.74, 6) is 1.45. The summed E-state index contributed by atoms with van der Waals surface area (Å²) in [7, 11) is 0.659. The number of aryl methyl sites for hydroxylation is 1. The fraction of sp³-hybridized carbons (Fsp3) is 0.500. The van der Waals surface area contributed by atoms with Crippen LogP contribution in [0, 0.1) is 0 Å².